The van der Waals surface area contributed by atoms with E-state index in [1.807, 2.05) is 6.92 Å². The minimum Gasteiger partial charge on any atom is -0.479 e. The number of carboxylic acid groups (broad SMARTS) is 1. The summed E-state index contributed by atoms with van der Waals surface area (Å²) in [4.78, 5) is 26.4. The first-order valence-electron chi connectivity index (χ1n) is 20.9. The van der Waals surface area contributed by atoms with Crippen LogP contribution in [-0.2, 0) is 28.5 Å². The molecule has 5 saturated carbocycles. The van der Waals surface area contributed by atoms with E-state index in [2.05, 4.69) is 41.2 Å². The van der Waals surface area contributed by atoms with Gasteiger partial charge in [-0.15, -0.1) is 0 Å². The summed E-state index contributed by atoms with van der Waals surface area (Å²) < 4.78 is 23.6. The van der Waals surface area contributed by atoms with E-state index in [1.54, 1.807) is 0 Å². The second kappa shape index (κ2) is 14.5. The molecule has 318 valence electrons. The Morgan fingerprint density at radius 1 is 0.714 bits per heavy atom. The van der Waals surface area contributed by atoms with Gasteiger partial charge >= 0.3 is 11.9 Å². The summed E-state index contributed by atoms with van der Waals surface area (Å²) >= 11 is 0. The van der Waals surface area contributed by atoms with Crippen molar-refractivity contribution in [3.05, 3.63) is 12.2 Å². The number of rotatable bonds is 7. The molecule has 0 unspecified atom stereocenters. The van der Waals surface area contributed by atoms with Gasteiger partial charge in [-0.25, -0.2) is 4.79 Å². The van der Waals surface area contributed by atoms with Crippen LogP contribution >= 0.6 is 0 Å². The Labute approximate surface area is 329 Å². The quantitative estimate of drug-likeness (QED) is 0.105. The maximum absolute atomic E-state index is 14.6. The lowest BCUT2D eigenvalue weighted by molar-refractivity contribution is -0.326. The molecule has 0 aromatic heterocycles. The van der Waals surface area contributed by atoms with Gasteiger partial charge in [-0.1, -0.05) is 46.8 Å². The number of hydrogen-bond acceptors (Lipinski definition) is 13. The second-order valence-electron chi connectivity index (χ2n) is 20.2. The molecule has 7 fully saturated rings. The van der Waals surface area contributed by atoms with E-state index in [0.29, 0.717) is 25.2 Å². The van der Waals surface area contributed by atoms with E-state index in [9.17, 15) is 50.4 Å². The lowest BCUT2D eigenvalue weighted by atomic mass is 9.32. The molecule has 5 aliphatic carbocycles. The molecule has 14 heteroatoms. The Kier molecular flexibility index (Phi) is 11.0. The number of ether oxygens (including phenoxy) is 4. The SMILES string of the molecule is C=C(C)[C@@H]1CC[C@]2(C(=O)O[C@@H]3O[C@H](CO)[C@@H](O)[C@H](O)[C@H]3O)CC[C@]3(C)[C@H](CC[C@@H]4[C@@]5(C)CC[C@H](O[C@@H]6O[C@H](C(=O)O)[C@@H](O)[C@H](O)[C@H]6O)C(C)(C)[C@@H]5CC[C@]43C)[C@@H]12. The molecule has 0 spiro atoms. The first kappa shape index (κ1) is 42.4. The fourth-order valence-electron chi connectivity index (χ4n) is 14.4. The largest absolute Gasteiger partial charge is 0.479 e. The number of carbonyl (C=O) groups is 2. The first-order valence-corrected chi connectivity index (χ1v) is 20.9. The number of fused-ring (bicyclic) bond motifs is 7. The normalized spacial score (nSPS) is 53.8. The third-order valence-electron chi connectivity index (χ3n) is 17.6. The maximum atomic E-state index is 14.6. The van der Waals surface area contributed by atoms with Crippen LogP contribution in [0, 0.1) is 56.7 Å². The Bertz CT molecular complexity index is 1540. The highest BCUT2D eigenvalue weighted by Crippen LogP contribution is 2.77. The van der Waals surface area contributed by atoms with Gasteiger partial charge < -0.3 is 59.8 Å². The fourth-order valence-corrected chi connectivity index (χ4v) is 14.4. The maximum Gasteiger partial charge on any atom is 0.335 e. The lowest BCUT2D eigenvalue weighted by Gasteiger charge is -2.73. The highest BCUT2D eigenvalue weighted by atomic mass is 16.7. The highest BCUT2D eigenvalue weighted by molar-refractivity contribution is 5.78. The van der Waals surface area contributed by atoms with E-state index in [-0.39, 0.29) is 39.9 Å². The molecule has 7 rings (SSSR count). The molecule has 2 aliphatic heterocycles. The number of aliphatic hydroxyl groups excluding tert-OH is 7. The molecule has 20 atom stereocenters. The standard InChI is InChI=1S/C42H66O14/c1-19(2)20-10-15-42(37(52)56-35-31(48)28(45)27(44)22(18-43)53-35)17-16-40(6)21(26(20)42)8-9-24-39(5)13-12-25(38(3,4)23(39)11-14-41(24,40)7)54-36-32(49)29(46)30(47)33(55-36)34(50)51/h20-33,35-36,43-49H,1,8-18H2,2-7H3,(H,50,51)/t20-,21+,22+,23-,24+,25-,26+,27+,28-,29-,30-,31+,32+,33-,35-,36+,39-,40+,41+,42-/m0/s1. The number of allylic oxidation sites excluding steroid dienone is 1. The van der Waals surface area contributed by atoms with Gasteiger partial charge in [0.05, 0.1) is 18.1 Å². The molecule has 2 saturated heterocycles. The van der Waals surface area contributed by atoms with Crippen LogP contribution in [0.2, 0.25) is 0 Å². The van der Waals surface area contributed by atoms with Crippen molar-refractivity contribution in [1.29, 1.82) is 0 Å². The van der Waals surface area contributed by atoms with E-state index in [4.69, 9.17) is 18.9 Å². The zero-order valence-electron chi connectivity index (χ0n) is 33.8. The third-order valence-corrected chi connectivity index (χ3v) is 17.6. The summed E-state index contributed by atoms with van der Waals surface area (Å²) in [5.74, 6) is -1.09. The second-order valence-corrected chi connectivity index (χ2v) is 20.2. The van der Waals surface area contributed by atoms with Crippen LogP contribution in [0.25, 0.3) is 0 Å². The zero-order valence-corrected chi connectivity index (χ0v) is 33.8. The number of carboxylic acids is 1. The zero-order chi connectivity index (χ0) is 41.1. The summed E-state index contributed by atoms with van der Waals surface area (Å²) in [5.41, 5.74) is -0.480. The summed E-state index contributed by atoms with van der Waals surface area (Å²) in [7, 11) is 0. The molecule has 14 nitrogen and oxygen atoms in total. The van der Waals surface area contributed by atoms with Gasteiger partial charge in [-0.05, 0) is 122 Å². The van der Waals surface area contributed by atoms with Gasteiger partial charge in [0.25, 0.3) is 0 Å². The lowest BCUT2D eigenvalue weighted by Crippen LogP contribution is -2.68. The van der Waals surface area contributed by atoms with Crippen molar-refractivity contribution < 1.29 is 69.4 Å². The predicted molar refractivity (Wildman–Crippen MR) is 198 cm³/mol. The first-order chi connectivity index (χ1) is 26.1. The van der Waals surface area contributed by atoms with E-state index >= 15 is 0 Å². The van der Waals surface area contributed by atoms with Crippen LogP contribution in [0.4, 0.5) is 0 Å². The molecular formula is C42H66O14. The van der Waals surface area contributed by atoms with Crippen LogP contribution in [-0.4, -0.2) is 127 Å². The fraction of sp³-hybridized carbons (Fsp3) is 0.905. The summed E-state index contributed by atoms with van der Waals surface area (Å²) in [6, 6.07) is 0. The van der Waals surface area contributed by atoms with Crippen LogP contribution in [0.1, 0.15) is 106 Å². The van der Waals surface area contributed by atoms with Crippen molar-refractivity contribution in [3.8, 4) is 0 Å². The summed E-state index contributed by atoms with van der Waals surface area (Å²) in [5, 5.41) is 82.4. The third kappa shape index (κ3) is 6.01. The van der Waals surface area contributed by atoms with Gasteiger partial charge in [-0.2, -0.15) is 0 Å². The number of carbonyl (C=O) groups excluding carboxylic acids is 1. The molecule has 56 heavy (non-hydrogen) atoms. The molecule has 8 N–H and O–H groups in total. The van der Waals surface area contributed by atoms with Crippen LogP contribution in [0.15, 0.2) is 12.2 Å². The molecule has 0 aromatic rings. The molecule has 0 bridgehead atoms. The van der Waals surface area contributed by atoms with Crippen molar-refractivity contribution in [2.24, 2.45) is 56.7 Å². The van der Waals surface area contributed by atoms with E-state index in [0.717, 1.165) is 50.5 Å². The smallest absolute Gasteiger partial charge is 0.335 e. The molecule has 0 radical (unpaired) electrons. The molecule has 0 amide bonds. The number of aliphatic carboxylic acids is 1. The Hall–Kier alpha value is -1.72. The van der Waals surface area contributed by atoms with Gasteiger partial charge in [0.2, 0.25) is 6.29 Å². The highest BCUT2D eigenvalue weighted by Gasteiger charge is 2.72. The van der Waals surface area contributed by atoms with Crippen LogP contribution in [0.5, 0.6) is 0 Å². The summed E-state index contributed by atoms with van der Waals surface area (Å²) in [6.45, 7) is 17.5. The Balaban J connectivity index is 1.13. The van der Waals surface area contributed by atoms with E-state index in [1.165, 1.54) is 0 Å². The number of aliphatic hydroxyl groups is 7. The van der Waals surface area contributed by atoms with Crippen molar-refractivity contribution >= 4 is 11.9 Å². The van der Waals surface area contributed by atoms with Crippen LogP contribution < -0.4 is 0 Å². The molecule has 2 heterocycles. The predicted octanol–water partition coefficient (Wildman–Crippen LogP) is 2.26. The van der Waals surface area contributed by atoms with Crippen molar-refractivity contribution in [3.63, 3.8) is 0 Å². The van der Waals surface area contributed by atoms with Crippen LogP contribution in [0.3, 0.4) is 0 Å². The van der Waals surface area contributed by atoms with E-state index < -0.39 is 96.9 Å². The minimum absolute atomic E-state index is 0.0505. The molecular weight excluding hydrogens is 728 g/mol. The monoisotopic (exact) mass is 794 g/mol. The van der Waals surface area contributed by atoms with Gasteiger partial charge in [0.1, 0.15) is 42.7 Å². The van der Waals surface area contributed by atoms with Gasteiger partial charge in [-0.3, -0.25) is 4.79 Å². The summed E-state index contributed by atoms with van der Waals surface area (Å²) in [6.07, 6.45) is -8.19. The molecule has 0 aromatic carbocycles. The number of hydrogen-bond donors (Lipinski definition) is 8. The van der Waals surface area contributed by atoms with Crippen molar-refractivity contribution in [2.75, 3.05) is 6.61 Å². The number of esters is 1. The Morgan fingerprint density at radius 3 is 2.02 bits per heavy atom. The average molecular weight is 795 g/mol. The van der Waals surface area contributed by atoms with Crippen molar-refractivity contribution in [2.45, 2.75) is 173 Å². The minimum atomic E-state index is -1.79. The van der Waals surface area contributed by atoms with Gasteiger partial charge in [0.15, 0.2) is 12.4 Å². The van der Waals surface area contributed by atoms with Crippen molar-refractivity contribution in [1.82, 2.24) is 0 Å². The average Bonchev–Trinajstić information content (AvgIpc) is 3.54. The molecule has 7 aliphatic rings. The topological polar surface area (TPSA) is 233 Å². The Morgan fingerprint density at radius 2 is 1.38 bits per heavy atom. The van der Waals surface area contributed by atoms with Gasteiger partial charge in [0, 0.05) is 0 Å².